The second-order valence-electron chi connectivity index (χ2n) is 11.9. The van der Waals surface area contributed by atoms with Crippen molar-refractivity contribution in [2.24, 2.45) is 0 Å². The van der Waals surface area contributed by atoms with E-state index in [9.17, 15) is 0 Å². The highest BCUT2D eigenvalue weighted by molar-refractivity contribution is 6.23. The highest BCUT2D eigenvalue weighted by Gasteiger charge is 2.25. The highest BCUT2D eigenvalue weighted by atomic mass is 15.0. The molecule has 0 atom stereocenters. The van der Waals surface area contributed by atoms with Crippen molar-refractivity contribution in [2.45, 2.75) is 26.2 Å². The molecular weight excluding hydrogens is 498 g/mol. The van der Waals surface area contributed by atoms with Gasteiger partial charge in [-0.15, -0.1) is 0 Å². The summed E-state index contributed by atoms with van der Waals surface area (Å²) in [5.41, 5.74) is 8.24. The van der Waals surface area contributed by atoms with Crippen LogP contribution >= 0.6 is 0 Å². The molecule has 2 aromatic heterocycles. The third-order valence-electron chi connectivity index (χ3n) is 8.22. The molecule has 0 bridgehead atoms. The normalized spacial score (nSPS) is 12.3. The standard InChI is InChI=1S/C38H29N3/c1-38(2,3)37-34(39-35-30-19-6-4-15-26(30)27-16-5-7-20-31(27)36(35)40-37)24-13-12-14-25(23-24)41-32-21-10-8-17-28(32)29-18-9-11-22-33(29)41/h4-23H,1-3H3. The molecule has 6 aromatic carbocycles. The summed E-state index contributed by atoms with van der Waals surface area (Å²) in [4.78, 5) is 10.9. The first-order chi connectivity index (χ1) is 20.0. The molecule has 3 heteroatoms. The van der Waals surface area contributed by atoms with Crippen LogP contribution in [0.25, 0.3) is 71.3 Å². The zero-order valence-corrected chi connectivity index (χ0v) is 23.4. The molecule has 0 aliphatic carbocycles. The van der Waals surface area contributed by atoms with Crippen LogP contribution in [-0.4, -0.2) is 14.5 Å². The van der Waals surface area contributed by atoms with Gasteiger partial charge in [0.1, 0.15) is 0 Å². The van der Waals surface area contributed by atoms with E-state index in [2.05, 4.69) is 147 Å². The lowest BCUT2D eigenvalue weighted by molar-refractivity contribution is 0.571. The quantitative estimate of drug-likeness (QED) is 0.209. The van der Waals surface area contributed by atoms with Gasteiger partial charge in [0.05, 0.1) is 33.5 Å². The third-order valence-corrected chi connectivity index (χ3v) is 8.22. The van der Waals surface area contributed by atoms with E-state index in [0.717, 1.165) is 44.4 Å². The van der Waals surface area contributed by atoms with Crippen molar-refractivity contribution in [1.82, 2.24) is 14.5 Å². The van der Waals surface area contributed by atoms with E-state index >= 15 is 0 Å². The molecule has 41 heavy (non-hydrogen) atoms. The first-order valence-electron chi connectivity index (χ1n) is 14.2. The SMILES string of the molecule is CC(C)(C)c1nc2c3ccccc3c3ccccc3c2nc1-c1cccc(-n2c3ccccc3c3ccccc32)c1. The van der Waals surface area contributed by atoms with Gasteiger partial charge < -0.3 is 4.57 Å². The zero-order valence-electron chi connectivity index (χ0n) is 23.4. The van der Waals surface area contributed by atoms with E-state index in [4.69, 9.17) is 9.97 Å². The van der Waals surface area contributed by atoms with Gasteiger partial charge in [0.25, 0.3) is 0 Å². The maximum absolute atomic E-state index is 5.47. The van der Waals surface area contributed by atoms with Crippen LogP contribution in [0, 0.1) is 0 Å². The third kappa shape index (κ3) is 3.59. The number of hydrogen-bond acceptors (Lipinski definition) is 2. The number of nitrogens with zero attached hydrogens (tertiary/aromatic N) is 3. The Balaban J connectivity index is 1.45. The number of rotatable bonds is 2. The monoisotopic (exact) mass is 527 g/mol. The summed E-state index contributed by atoms with van der Waals surface area (Å²) < 4.78 is 2.36. The summed E-state index contributed by atoms with van der Waals surface area (Å²) in [6.45, 7) is 6.69. The predicted octanol–water partition coefficient (Wildman–Crippen LogP) is 10.00. The Bertz CT molecular complexity index is 2250. The van der Waals surface area contributed by atoms with E-state index in [1.807, 2.05) is 0 Å². The number of aromatic nitrogens is 3. The Labute approximate surface area is 238 Å². The number of hydrogen-bond donors (Lipinski definition) is 0. The first-order valence-corrected chi connectivity index (χ1v) is 14.2. The Hall–Kier alpha value is -5.02. The second kappa shape index (κ2) is 8.74. The van der Waals surface area contributed by atoms with Crippen LogP contribution < -0.4 is 0 Å². The van der Waals surface area contributed by atoms with Crippen molar-refractivity contribution >= 4 is 54.4 Å². The molecule has 3 nitrogen and oxygen atoms in total. The summed E-state index contributed by atoms with van der Waals surface area (Å²) in [5, 5.41) is 7.21. The van der Waals surface area contributed by atoms with Crippen LogP contribution in [0.1, 0.15) is 26.5 Å². The van der Waals surface area contributed by atoms with Gasteiger partial charge in [0, 0.05) is 38.2 Å². The van der Waals surface area contributed by atoms with Gasteiger partial charge in [0.15, 0.2) is 0 Å². The Morgan fingerprint density at radius 3 is 1.54 bits per heavy atom. The maximum Gasteiger partial charge on any atom is 0.0979 e. The fourth-order valence-corrected chi connectivity index (χ4v) is 6.38. The summed E-state index contributed by atoms with van der Waals surface area (Å²) in [6.07, 6.45) is 0. The fraction of sp³-hybridized carbons (Fsp3) is 0.105. The lowest BCUT2D eigenvalue weighted by Crippen LogP contribution is -2.16. The second-order valence-corrected chi connectivity index (χ2v) is 11.9. The molecule has 0 radical (unpaired) electrons. The van der Waals surface area contributed by atoms with Gasteiger partial charge in [-0.2, -0.15) is 0 Å². The molecule has 0 N–H and O–H groups in total. The van der Waals surface area contributed by atoms with Crippen molar-refractivity contribution in [3.05, 3.63) is 127 Å². The van der Waals surface area contributed by atoms with Crippen LogP contribution in [0.15, 0.2) is 121 Å². The van der Waals surface area contributed by atoms with Crippen molar-refractivity contribution in [2.75, 3.05) is 0 Å². The van der Waals surface area contributed by atoms with Crippen molar-refractivity contribution in [3.8, 4) is 16.9 Å². The van der Waals surface area contributed by atoms with E-state index in [0.29, 0.717) is 0 Å². The molecule has 196 valence electrons. The minimum atomic E-state index is -0.202. The predicted molar refractivity (Wildman–Crippen MR) is 173 cm³/mol. The van der Waals surface area contributed by atoms with E-state index in [1.165, 1.54) is 32.6 Å². The van der Waals surface area contributed by atoms with Gasteiger partial charge in [0.2, 0.25) is 0 Å². The van der Waals surface area contributed by atoms with Crippen LogP contribution in [0.5, 0.6) is 0 Å². The minimum absolute atomic E-state index is 0.202. The summed E-state index contributed by atoms with van der Waals surface area (Å²) >= 11 is 0. The van der Waals surface area contributed by atoms with Crippen molar-refractivity contribution in [1.29, 1.82) is 0 Å². The van der Waals surface area contributed by atoms with E-state index in [-0.39, 0.29) is 5.41 Å². The Kier molecular flexibility index (Phi) is 5.08. The number of para-hydroxylation sites is 2. The maximum atomic E-state index is 5.47. The first kappa shape index (κ1) is 23.8. The number of benzene rings is 6. The molecule has 0 saturated heterocycles. The summed E-state index contributed by atoms with van der Waals surface area (Å²) in [6, 6.07) is 43.2. The van der Waals surface area contributed by atoms with Gasteiger partial charge in [-0.25, -0.2) is 9.97 Å². The molecule has 0 fully saturated rings. The van der Waals surface area contributed by atoms with Crippen LogP contribution in [0.3, 0.4) is 0 Å². The van der Waals surface area contributed by atoms with E-state index < -0.39 is 0 Å². The van der Waals surface area contributed by atoms with Gasteiger partial charge >= 0.3 is 0 Å². The molecular formula is C38H29N3. The Morgan fingerprint density at radius 2 is 0.976 bits per heavy atom. The van der Waals surface area contributed by atoms with Crippen molar-refractivity contribution < 1.29 is 0 Å². The van der Waals surface area contributed by atoms with Gasteiger partial charge in [-0.1, -0.05) is 118 Å². The lowest BCUT2D eigenvalue weighted by Gasteiger charge is -2.23. The van der Waals surface area contributed by atoms with Crippen molar-refractivity contribution in [3.63, 3.8) is 0 Å². The lowest BCUT2D eigenvalue weighted by atomic mass is 9.87. The molecule has 0 amide bonds. The molecule has 0 unspecified atom stereocenters. The van der Waals surface area contributed by atoms with Crippen LogP contribution in [-0.2, 0) is 5.41 Å². The van der Waals surface area contributed by atoms with Crippen LogP contribution in [0.2, 0.25) is 0 Å². The molecule has 8 aromatic rings. The molecule has 0 aliphatic heterocycles. The van der Waals surface area contributed by atoms with Gasteiger partial charge in [-0.05, 0) is 35.0 Å². The van der Waals surface area contributed by atoms with Crippen LogP contribution in [0.4, 0.5) is 0 Å². The summed E-state index contributed by atoms with van der Waals surface area (Å²) in [7, 11) is 0. The fourth-order valence-electron chi connectivity index (χ4n) is 6.38. The zero-order chi connectivity index (χ0) is 27.7. The largest absolute Gasteiger partial charge is 0.309 e. The molecule has 8 rings (SSSR count). The average molecular weight is 528 g/mol. The molecule has 2 heterocycles. The average Bonchev–Trinajstić information content (AvgIpc) is 3.35. The van der Waals surface area contributed by atoms with Gasteiger partial charge in [-0.3, -0.25) is 0 Å². The molecule has 0 saturated carbocycles. The Morgan fingerprint density at radius 1 is 0.488 bits per heavy atom. The topological polar surface area (TPSA) is 30.7 Å². The van der Waals surface area contributed by atoms with E-state index in [1.54, 1.807) is 0 Å². The number of fused-ring (bicyclic) bond motifs is 9. The smallest absolute Gasteiger partial charge is 0.0979 e. The molecule has 0 aliphatic rings. The molecule has 0 spiro atoms. The highest BCUT2D eigenvalue weighted by Crippen LogP contribution is 2.39. The summed E-state index contributed by atoms with van der Waals surface area (Å²) in [5.74, 6) is 0. The minimum Gasteiger partial charge on any atom is -0.309 e.